The minimum atomic E-state index is -1.40. The van der Waals surface area contributed by atoms with Crippen molar-refractivity contribution in [2.24, 2.45) is 5.92 Å². The van der Waals surface area contributed by atoms with Gasteiger partial charge in [-0.3, -0.25) is 4.79 Å². The van der Waals surface area contributed by atoms with E-state index in [1.54, 1.807) is 13.8 Å². The predicted molar refractivity (Wildman–Crippen MR) is 42.1 cm³/mol. The van der Waals surface area contributed by atoms with Crippen LogP contribution in [0.15, 0.2) is 0 Å². The van der Waals surface area contributed by atoms with Gasteiger partial charge in [0.05, 0.1) is 6.61 Å². The molecule has 0 bridgehead atoms. The van der Waals surface area contributed by atoms with Crippen molar-refractivity contribution in [2.75, 3.05) is 6.61 Å². The van der Waals surface area contributed by atoms with E-state index in [-0.39, 0.29) is 11.8 Å². The van der Waals surface area contributed by atoms with Crippen LogP contribution in [0.1, 0.15) is 13.8 Å². The van der Waals surface area contributed by atoms with Crippen LogP contribution in [0.25, 0.3) is 0 Å². The van der Waals surface area contributed by atoms with Gasteiger partial charge in [0.15, 0.2) is 6.23 Å². The maximum Gasteiger partial charge on any atom is 0.224 e. The lowest BCUT2D eigenvalue weighted by atomic mass is 10.2. The molecule has 0 aromatic heterocycles. The van der Waals surface area contributed by atoms with Gasteiger partial charge in [-0.25, -0.2) is 0 Å². The molecule has 12 heavy (non-hydrogen) atoms. The van der Waals surface area contributed by atoms with Crippen molar-refractivity contribution in [2.45, 2.75) is 26.2 Å². The van der Waals surface area contributed by atoms with Gasteiger partial charge in [-0.15, -0.1) is 0 Å². The van der Waals surface area contributed by atoms with E-state index in [1.807, 2.05) is 0 Å². The number of hydrogen-bond acceptors (Lipinski definition) is 4. The summed E-state index contributed by atoms with van der Waals surface area (Å²) in [5.74, 6) is -0.624. The van der Waals surface area contributed by atoms with Gasteiger partial charge in [-0.2, -0.15) is 0 Å². The summed E-state index contributed by atoms with van der Waals surface area (Å²) in [7, 11) is 0. The van der Waals surface area contributed by atoms with E-state index >= 15 is 0 Å². The van der Waals surface area contributed by atoms with E-state index in [9.17, 15) is 4.79 Å². The summed E-state index contributed by atoms with van der Waals surface area (Å²) in [6.45, 7) is 2.74. The third-order valence-corrected chi connectivity index (χ3v) is 1.37. The quantitative estimate of drug-likeness (QED) is 0.390. The Morgan fingerprint density at radius 2 is 1.92 bits per heavy atom. The summed E-state index contributed by atoms with van der Waals surface area (Å²) in [6, 6.07) is 0. The van der Waals surface area contributed by atoms with Crippen LogP contribution in [0.3, 0.4) is 0 Å². The molecule has 72 valence electrons. The lowest BCUT2D eigenvalue weighted by Gasteiger charge is -2.17. The van der Waals surface area contributed by atoms with Crippen molar-refractivity contribution in [3.63, 3.8) is 0 Å². The highest BCUT2D eigenvalue weighted by molar-refractivity contribution is 5.78. The molecule has 1 amide bonds. The molecule has 0 heterocycles. The molecule has 0 saturated carbocycles. The first-order valence-electron chi connectivity index (χ1n) is 3.76. The van der Waals surface area contributed by atoms with Gasteiger partial charge in [0.1, 0.15) is 6.10 Å². The van der Waals surface area contributed by atoms with E-state index in [4.69, 9.17) is 15.3 Å². The Morgan fingerprint density at radius 1 is 1.42 bits per heavy atom. The average Bonchev–Trinajstić information content (AvgIpc) is 2.02. The first kappa shape index (κ1) is 11.4. The lowest BCUT2D eigenvalue weighted by molar-refractivity contribution is -0.130. The minimum Gasteiger partial charge on any atom is -0.394 e. The molecular formula is C7H15NO4. The number of aliphatic hydroxyl groups is 3. The Morgan fingerprint density at radius 3 is 2.25 bits per heavy atom. The van der Waals surface area contributed by atoms with Crippen molar-refractivity contribution in [1.29, 1.82) is 0 Å². The van der Waals surface area contributed by atoms with E-state index in [0.717, 1.165) is 0 Å². The fraction of sp³-hybridized carbons (Fsp3) is 0.857. The molecule has 5 nitrogen and oxygen atoms in total. The Kier molecular flexibility index (Phi) is 4.80. The molecule has 0 fully saturated rings. The third kappa shape index (κ3) is 3.66. The molecule has 0 aliphatic heterocycles. The van der Waals surface area contributed by atoms with Crippen LogP contribution in [0.4, 0.5) is 0 Å². The molecular weight excluding hydrogens is 162 g/mol. The summed E-state index contributed by atoms with van der Waals surface area (Å²) >= 11 is 0. The topological polar surface area (TPSA) is 89.8 Å². The summed E-state index contributed by atoms with van der Waals surface area (Å²) < 4.78 is 0. The Hall–Kier alpha value is -0.650. The lowest BCUT2D eigenvalue weighted by Crippen LogP contribution is -2.46. The van der Waals surface area contributed by atoms with Gasteiger partial charge in [-0.05, 0) is 0 Å². The Bertz CT molecular complexity index is 148. The van der Waals surface area contributed by atoms with Crippen molar-refractivity contribution in [1.82, 2.24) is 5.32 Å². The standard InChI is InChI=1S/C7H15NO4/c1-4(2)6(11)8-7(12)5(10)3-9/h4-5,7,9-10,12H,3H2,1-2H3,(H,8,11). The number of hydrogen-bond donors (Lipinski definition) is 4. The van der Waals surface area contributed by atoms with Crippen LogP contribution in [0.2, 0.25) is 0 Å². The summed E-state index contributed by atoms with van der Waals surface area (Å²) in [5, 5.41) is 28.4. The van der Waals surface area contributed by atoms with Crippen LogP contribution < -0.4 is 5.32 Å². The van der Waals surface area contributed by atoms with E-state index < -0.39 is 18.9 Å². The zero-order valence-corrected chi connectivity index (χ0v) is 7.19. The summed E-state index contributed by atoms with van der Waals surface area (Å²) in [5.41, 5.74) is 0. The maximum absolute atomic E-state index is 10.9. The second-order valence-electron chi connectivity index (χ2n) is 2.86. The first-order chi connectivity index (χ1) is 5.49. The third-order valence-electron chi connectivity index (χ3n) is 1.37. The first-order valence-corrected chi connectivity index (χ1v) is 3.76. The number of carbonyl (C=O) groups excluding carboxylic acids is 1. The highest BCUT2D eigenvalue weighted by Gasteiger charge is 2.18. The van der Waals surface area contributed by atoms with Gasteiger partial charge in [-0.1, -0.05) is 13.8 Å². The van der Waals surface area contributed by atoms with Crippen LogP contribution in [0, 0.1) is 5.92 Å². The molecule has 5 heteroatoms. The van der Waals surface area contributed by atoms with Crippen molar-refractivity contribution >= 4 is 5.91 Å². The second kappa shape index (κ2) is 5.08. The predicted octanol–water partition coefficient (Wildman–Crippen LogP) is -1.57. The molecule has 4 N–H and O–H groups in total. The molecule has 0 aromatic rings. The normalized spacial score (nSPS) is 15.8. The molecule has 0 spiro atoms. The van der Waals surface area contributed by atoms with E-state index in [2.05, 4.69) is 5.32 Å². The minimum absolute atomic E-state index is 0.259. The van der Waals surface area contributed by atoms with Crippen LogP contribution in [0.5, 0.6) is 0 Å². The molecule has 2 atom stereocenters. The van der Waals surface area contributed by atoms with Gasteiger partial charge < -0.3 is 20.6 Å². The Labute approximate surface area is 71.0 Å². The molecule has 2 unspecified atom stereocenters. The van der Waals surface area contributed by atoms with Crippen LogP contribution >= 0.6 is 0 Å². The fourth-order valence-electron chi connectivity index (χ4n) is 0.508. The number of amides is 1. The molecule has 0 radical (unpaired) electrons. The zero-order valence-electron chi connectivity index (χ0n) is 7.19. The molecule has 0 aliphatic carbocycles. The highest BCUT2D eigenvalue weighted by atomic mass is 16.4. The average molecular weight is 177 g/mol. The number of carbonyl (C=O) groups is 1. The van der Waals surface area contributed by atoms with Crippen molar-refractivity contribution < 1.29 is 20.1 Å². The highest BCUT2D eigenvalue weighted by Crippen LogP contribution is 1.94. The van der Waals surface area contributed by atoms with Crippen LogP contribution in [-0.4, -0.2) is 40.2 Å². The maximum atomic E-state index is 10.9. The monoisotopic (exact) mass is 177 g/mol. The van der Waals surface area contributed by atoms with Gasteiger partial charge in [0.25, 0.3) is 0 Å². The second-order valence-corrected chi connectivity index (χ2v) is 2.86. The smallest absolute Gasteiger partial charge is 0.224 e. The SMILES string of the molecule is CC(C)C(=O)NC(O)C(O)CO. The number of rotatable bonds is 4. The number of nitrogens with one attached hydrogen (secondary N) is 1. The fourth-order valence-corrected chi connectivity index (χ4v) is 0.508. The van der Waals surface area contributed by atoms with Gasteiger partial charge in [0.2, 0.25) is 5.91 Å². The van der Waals surface area contributed by atoms with E-state index in [0.29, 0.717) is 0 Å². The van der Waals surface area contributed by atoms with Gasteiger partial charge >= 0.3 is 0 Å². The number of aliphatic hydroxyl groups excluding tert-OH is 3. The van der Waals surface area contributed by atoms with E-state index in [1.165, 1.54) is 0 Å². The summed E-state index contributed by atoms with van der Waals surface area (Å²) in [4.78, 5) is 10.9. The largest absolute Gasteiger partial charge is 0.394 e. The molecule has 0 aliphatic rings. The Balaban J connectivity index is 3.83. The van der Waals surface area contributed by atoms with Crippen molar-refractivity contribution in [3.05, 3.63) is 0 Å². The van der Waals surface area contributed by atoms with Crippen molar-refractivity contribution in [3.8, 4) is 0 Å². The summed E-state index contributed by atoms with van der Waals surface area (Å²) in [6.07, 6.45) is -2.72. The van der Waals surface area contributed by atoms with Crippen LogP contribution in [-0.2, 0) is 4.79 Å². The van der Waals surface area contributed by atoms with Gasteiger partial charge in [0, 0.05) is 5.92 Å². The molecule has 0 rings (SSSR count). The molecule has 0 saturated heterocycles. The molecule has 0 aromatic carbocycles. The zero-order chi connectivity index (χ0) is 9.72.